The first-order valence-electron chi connectivity index (χ1n) is 5.64. The second-order valence-corrected chi connectivity index (χ2v) is 4.00. The van der Waals surface area contributed by atoms with Crippen LogP contribution in [0.2, 0.25) is 0 Å². The van der Waals surface area contributed by atoms with Crippen molar-refractivity contribution in [3.63, 3.8) is 0 Å². The van der Waals surface area contributed by atoms with Crippen LogP contribution < -0.4 is 5.32 Å². The van der Waals surface area contributed by atoms with Gasteiger partial charge in [-0.3, -0.25) is 4.68 Å². The number of aromatic nitrogens is 2. The zero-order valence-corrected chi connectivity index (χ0v) is 8.87. The predicted molar refractivity (Wildman–Crippen MR) is 57.0 cm³/mol. The van der Waals surface area contributed by atoms with E-state index in [9.17, 15) is 0 Å². The van der Waals surface area contributed by atoms with Gasteiger partial charge >= 0.3 is 0 Å². The van der Waals surface area contributed by atoms with Crippen LogP contribution in [0.3, 0.4) is 0 Å². The molecule has 0 amide bonds. The van der Waals surface area contributed by atoms with Gasteiger partial charge in [-0.15, -0.1) is 0 Å². The largest absolute Gasteiger partial charge is 0.308 e. The second-order valence-electron chi connectivity index (χ2n) is 4.00. The summed E-state index contributed by atoms with van der Waals surface area (Å²) in [6, 6.07) is 2.85. The van der Waals surface area contributed by atoms with Crippen molar-refractivity contribution in [1.29, 1.82) is 0 Å². The SMILES string of the molecule is CCn1nccc1CNC1CCCC1. The fourth-order valence-corrected chi connectivity index (χ4v) is 2.17. The molecule has 0 bridgehead atoms. The molecule has 1 heterocycles. The maximum atomic E-state index is 4.26. The van der Waals surface area contributed by atoms with Crippen LogP contribution in [0.4, 0.5) is 0 Å². The molecule has 78 valence electrons. The van der Waals surface area contributed by atoms with E-state index in [-0.39, 0.29) is 0 Å². The molecule has 1 fully saturated rings. The van der Waals surface area contributed by atoms with Crippen LogP contribution in [-0.4, -0.2) is 15.8 Å². The molecule has 0 radical (unpaired) electrons. The summed E-state index contributed by atoms with van der Waals surface area (Å²) >= 11 is 0. The van der Waals surface area contributed by atoms with Crippen molar-refractivity contribution < 1.29 is 0 Å². The minimum Gasteiger partial charge on any atom is -0.308 e. The lowest BCUT2D eigenvalue weighted by Gasteiger charge is -2.12. The molecule has 14 heavy (non-hydrogen) atoms. The Morgan fingerprint density at radius 3 is 3.00 bits per heavy atom. The predicted octanol–water partition coefficient (Wildman–Crippen LogP) is 1.94. The van der Waals surface area contributed by atoms with E-state index in [0.717, 1.165) is 19.1 Å². The molecule has 1 saturated carbocycles. The normalized spacial score (nSPS) is 17.8. The lowest BCUT2D eigenvalue weighted by molar-refractivity contribution is 0.499. The summed E-state index contributed by atoms with van der Waals surface area (Å²) < 4.78 is 2.06. The Labute approximate surface area is 85.5 Å². The molecule has 0 aromatic carbocycles. The Bertz CT molecular complexity index is 274. The summed E-state index contributed by atoms with van der Waals surface area (Å²) in [4.78, 5) is 0. The van der Waals surface area contributed by atoms with E-state index in [1.807, 2.05) is 6.20 Å². The third-order valence-corrected chi connectivity index (χ3v) is 3.03. The number of aryl methyl sites for hydroxylation is 1. The van der Waals surface area contributed by atoms with Crippen molar-refractivity contribution in [2.45, 2.75) is 51.7 Å². The van der Waals surface area contributed by atoms with Gasteiger partial charge < -0.3 is 5.32 Å². The number of hydrogen-bond donors (Lipinski definition) is 1. The van der Waals surface area contributed by atoms with Crippen molar-refractivity contribution in [2.75, 3.05) is 0 Å². The molecule has 3 nitrogen and oxygen atoms in total. The van der Waals surface area contributed by atoms with E-state index in [2.05, 4.69) is 28.1 Å². The average molecular weight is 193 g/mol. The summed E-state index contributed by atoms with van der Waals surface area (Å²) in [7, 11) is 0. The minimum atomic E-state index is 0.746. The standard InChI is InChI=1S/C11H19N3/c1-2-14-11(7-8-13-14)9-12-10-5-3-4-6-10/h7-8,10,12H,2-6,9H2,1H3. The van der Waals surface area contributed by atoms with Crippen LogP contribution in [0, 0.1) is 0 Å². The number of hydrogen-bond acceptors (Lipinski definition) is 2. The van der Waals surface area contributed by atoms with E-state index >= 15 is 0 Å². The molecule has 1 aromatic heterocycles. The van der Waals surface area contributed by atoms with Gasteiger partial charge in [-0.25, -0.2) is 0 Å². The van der Waals surface area contributed by atoms with Crippen LogP contribution >= 0.6 is 0 Å². The van der Waals surface area contributed by atoms with Gasteiger partial charge in [-0.2, -0.15) is 5.10 Å². The molecule has 0 saturated heterocycles. The summed E-state index contributed by atoms with van der Waals surface area (Å²) in [5.41, 5.74) is 1.31. The quantitative estimate of drug-likeness (QED) is 0.792. The van der Waals surface area contributed by atoms with Gasteiger partial charge in [-0.1, -0.05) is 12.8 Å². The van der Waals surface area contributed by atoms with E-state index in [1.54, 1.807) is 0 Å². The summed E-state index contributed by atoms with van der Waals surface area (Å²) in [5.74, 6) is 0. The Morgan fingerprint density at radius 2 is 2.29 bits per heavy atom. The van der Waals surface area contributed by atoms with Crippen molar-refractivity contribution in [3.8, 4) is 0 Å². The highest BCUT2D eigenvalue weighted by Gasteiger charge is 2.14. The zero-order valence-electron chi connectivity index (χ0n) is 8.87. The highest BCUT2D eigenvalue weighted by atomic mass is 15.3. The molecule has 2 rings (SSSR count). The Morgan fingerprint density at radius 1 is 1.50 bits per heavy atom. The van der Waals surface area contributed by atoms with Crippen LogP contribution in [0.1, 0.15) is 38.3 Å². The van der Waals surface area contributed by atoms with Crippen molar-refractivity contribution in [2.24, 2.45) is 0 Å². The Balaban J connectivity index is 1.84. The molecule has 0 unspecified atom stereocenters. The van der Waals surface area contributed by atoms with Gasteiger partial charge in [0, 0.05) is 25.3 Å². The maximum Gasteiger partial charge on any atom is 0.0522 e. The monoisotopic (exact) mass is 193 g/mol. The molecule has 1 N–H and O–H groups in total. The molecule has 0 spiro atoms. The van der Waals surface area contributed by atoms with E-state index < -0.39 is 0 Å². The molecule has 0 aliphatic heterocycles. The Kier molecular flexibility index (Phi) is 3.19. The van der Waals surface area contributed by atoms with Gasteiger partial charge in [0.1, 0.15) is 0 Å². The number of nitrogens with zero attached hydrogens (tertiary/aromatic N) is 2. The Hall–Kier alpha value is -0.830. The summed E-state index contributed by atoms with van der Waals surface area (Å²) in [6.07, 6.45) is 7.37. The lowest BCUT2D eigenvalue weighted by Crippen LogP contribution is -2.26. The number of nitrogens with one attached hydrogen (secondary N) is 1. The van der Waals surface area contributed by atoms with Gasteiger partial charge in [0.25, 0.3) is 0 Å². The van der Waals surface area contributed by atoms with Crippen molar-refractivity contribution in [3.05, 3.63) is 18.0 Å². The first-order valence-corrected chi connectivity index (χ1v) is 5.64. The minimum absolute atomic E-state index is 0.746. The van der Waals surface area contributed by atoms with E-state index in [4.69, 9.17) is 0 Å². The smallest absolute Gasteiger partial charge is 0.0522 e. The molecular formula is C11H19N3. The van der Waals surface area contributed by atoms with Crippen LogP contribution in [-0.2, 0) is 13.1 Å². The van der Waals surface area contributed by atoms with Gasteiger partial charge in [-0.05, 0) is 25.8 Å². The van der Waals surface area contributed by atoms with Gasteiger partial charge in [0.15, 0.2) is 0 Å². The zero-order chi connectivity index (χ0) is 9.80. The molecule has 1 aliphatic rings. The third-order valence-electron chi connectivity index (χ3n) is 3.03. The molecule has 3 heteroatoms. The molecule has 1 aliphatic carbocycles. The fourth-order valence-electron chi connectivity index (χ4n) is 2.17. The topological polar surface area (TPSA) is 29.9 Å². The summed E-state index contributed by atoms with van der Waals surface area (Å²) in [6.45, 7) is 4.07. The van der Waals surface area contributed by atoms with Crippen LogP contribution in [0.25, 0.3) is 0 Å². The first kappa shape index (κ1) is 9.71. The van der Waals surface area contributed by atoms with Gasteiger partial charge in [0.2, 0.25) is 0 Å². The van der Waals surface area contributed by atoms with Gasteiger partial charge in [0.05, 0.1) is 5.69 Å². The van der Waals surface area contributed by atoms with Crippen molar-refractivity contribution >= 4 is 0 Å². The van der Waals surface area contributed by atoms with Crippen LogP contribution in [0.5, 0.6) is 0 Å². The highest BCUT2D eigenvalue weighted by Crippen LogP contribution is 2.17. The average Bonchev–Trinajstić information content (AvgIpc) is 2.85. The molecule has 0 atom stereocenters. The molecule has 1 aromatic rings. The fraction of sp³-hybridized carbons (Fsp3) is 0.727. The van der Waals surface area contributed by atoms with E-state index in [1.165, 1.54) is 31.4 Å². The van der Waals surface area contributed by atoms with Crippen molar-refractivity contribution in [1.82, 2.24) is 15.1 Å². The lowest BCUT2D eigenvalue weighted by atomic mass is 10.2. The first-order chi connectivity index (χ1) is 6.90. The third kappa shape index (κ3) is 2.15. The molecular weight excluding hydrogens is 174 g/mol. The summed E-state index contributed by atoms with van der Waals surface area (Å²) in [5, 5.41) is 7.85. The van der Waals surface area contributed by atoms with Crippen LogP contribution in [0.15, 0.2) is 12.3 Å². The second kappa shape index (κ2) is 4.60. The number of rotatable bonds is 4. The van der Waals surface area contributed by atoms with E-state index in [0.29, 0.717) is 0 Å². The highest BCUT2D eigenvalue weighted by molar-refractivity contribution is 5.00. The maximum absolute atomic E-state index is 4.26.